The molecule has 0 saturated heterocycles. The maximum Gasteiger partial charge on any atom is 0.252 e. The lowest BCUT2D eigenvalue weighted by Crippen LogP contribution is -2.23. The van der Waals surface area contributed by atoms with E-state index in [4.69, 9.17) is 9.15 Å². The van der Waals surface area contributed by atoms with Crippen molar-refractivity contribution in [2.75, 3.05) is 0 Å². The maximum absolute atomic E-state index is 12.8. The summed E-state index contributed by atoms with van der Waals surface area (Å²) in [6.45, 7) is 2.58. The predicted molar refractivity (Wildman–Crippen MR) is 107 cm³/mol. The molecule has 0 fully saturated rings. The number of hydrogen-bond acceptors (Lipinski definition) is 4. The minimum absolute atomic E-state index is 0.197. The van der Waals surface area contributed by atoms with Gasteiger partial charge < -0.3 is 14.5 Å². The van der Waals surface area contributed by atoms with Crippen LogP contribution >= 0.6 is 0 Å². The van der Waals surface area contributed by atoms with Crippen LogP contribution in [0.1, 0.15) is 27.4 Å². The molecule has 0 unspecified atom stereocenters. The van der Waals surface area contributed by atoms with Crippen LogP contribution in [0.3, 0.4) is 0 Å². The van der Waals surface area contributed by atoms with E-state index >= 15 is 0 Å². The number of hydrogen-bond donors (Lipinski definition) is 1. The molecule has 140 valence electrons. The van der Waals surface area contributed by atoms with Crippen molar-refractivity contribution in [1.29, 1.82) is 0 Å². The van der Waals surface area contributed by atoms with E-state index < -0.39 is 0 Å². The number of furan rings is 1. The lowest BCUT2D eigenvalue weighted by atomic mass is 10.1. The van der Waals surface area contributed by atoms with Gasteiger partial charge in [0.1, 0.15) is 18.1 Å². The van der Waals surface area contributed by atoms with Crippen LogP contribution in [0, 0.1) is 6.92 Å². The van der Waals surface area contributed by atoms with E-state index in [1.54, 1.807) is 6.07 Å². The van der Waals surface area contributed by atoms with E-state index in [0.717, 1.165) is 16.7 Å². The summed E-state index contributed by atoms with van der Waals surface area (Å²) in [5.41, 5.74) is 2.28. The zero-order chi connectivity index (χ0) is 19.3. The third-order valence-corrected chi connectivity index (χ3v) is 4.39. The molecule has 28 heavy (non-hydrogen) atoms. The molecule has 0 saturated carbocycles. The van der Waals surface area contributed by atoms with Gasteiger partial charge in [0.25, 0.3) is 5.91 Å². The molecule has 2 heterocycles. The monoisotopic (exact) mass is 372 g/mol. The summed E-state index contributed by atoms with van der Waals surface area (Å²) in [5, 5.41) is 3.69. The van der Waals surface area contributed by atoms with Crippen LogP contribution in [0.2, 0.25) is 0 Å². The molecule has 1 amide bonds. The molecule has 1 N–H and O–H groups in total. The van der Waals surface area contributed by atoms with Crippen LogP contribution < -0.4 is 10.1 Å². The third-order valence-electron chi connectivity index (χ3n) is 4.39. The summed E-state index contributed by atoms with van der Waals surface area (Å²) in [6.07, 6.45) is 0. The van der Waals surface area contributed by atoms with Gasteiger partial charge in [-0.05, 0) is 30.7 Å². The van der Waals surface area contributed by atoms with Crippen LogP contribution in [0.15, 0.2) is 77.2 Å². The number of amides is 1. The fourth-order valence-corrected chi connectivity index (χ4v) is 2.99. The number of aromatic nitrogens is 1. The second-order valence-electron chi connectivity index (χ2n) is 6.49. The molecule has 5 nitrogen and oxygen atoms in total. The van der Waals surface area contributed by atoms with Crippen molar-refractivity contribution in [3.63, 3.8) is 0 Å². The van der Waals surface area contributed by atoms with Crippen LogP contribution in [-0.2, 0) is 13.2 Å². The van der Waals surface area contributed by atoms with E-state index in [1.807, 2.05) is 73.7 Å². The number of nitrogens with one attached hydrogen (secondary N) is 1. The maximum atomic E-state index is 12.8. The van der Waals surface area contributed by atoms with Gasteiger partial charge in [0.15, 0.2) is 0 Å². The summed E-state index contributed by atoms with van der Waals surface area (Å²) in [5.74, 6) is 1.75. The average Bonchev–Trinajstić information content (AvgIpc) is 3.16. The number of rotatable bonds is 6. The second-order valence-corrected chi connectivity index (χ2v) is 6.49. The molecular formula is C23H20N2O3. The molecule has 2 aromatic heterocycles. The van der Waals surface area contributed by atoms with Crippen molar-refractivity contribution in [2.45, 2.75) is 20.1 Å². The van der Waals surface area contributed by atoms with E-state index in [0.29, 0.717) is 35.9 Å². The molecule has 0 atom stereocenters. The Balaban J connectivity index is 1.57. The molecule has 0 radical (unpaired) electrons. The Morgan fingerprint density at radius 3 is 2.61 bits per heavy atom. The Hall–Kier alpha value is -3.60. The van der Waals surface area contributed by atoms with Gasteiger partial charge in [-0.3, -0.25) is 4.79 Å². The number of benzene rings is 2. The van der Waals surface area contributed by atoms with Crippen molar-refractivity contribution in [2.24, 2.45) is 0 Å². The normalized spacial score (nSPS) is 10.8. The Morgan fingerprint density at radius 1 is 1.04 bits per heavy atom. The molecule has 0 aliphatic rings. The number of nitrogens with zero attached hydrogens (tertiary/aromatic N) is 1. The number of pyridine rings is 1. The van der Waals surface area contributed by atoms with Gasteiger partial charge in [-0.15, -0.1) is 0 Å². The first-order valence-corrected chi connectivity index (χ1v) is 9.09. The standard InChI is InChI=1S/C23H20N2O3/c1-16-11-12-18(28-16)14-24-23(26)20-13-22(25-21-10-6-5-9-19(20)21)27-15-17-7-3-2-4-8-17/h2-13H,14-15H2,1H3,(H,24,26). The molecule has 0 aliphatic heterocycles. The van der Waals surface area contributed by atoms with Crippen LogP contribution in [0.25, 0.3) is 10.9 Å². The molecule has 0 aliphatic carbocycles. The SMILES string of the molecule is Cc1ccc(CNC(=O)c2cc(OCc3ccccc3)nc3ccccc23)o1. The molecule has 4 aromatic rings. The smallest absolute Gasteiger partial charge is 0.252 e. The predicted octanol–water partition coefficient (Wildman–Crippen LogP) is 4.65. The molecule has 0 bridgehead atoms. The lowest BCUT2D eigenvalue weighted by Gasteiger charge is -2.11. The number of ether oxygens (including phenoxy) is 1. The lowest BCUT2D eigenvalue weighted by molar-refractivity contribution is 0.0949. The first-order chi connectivity index (χ1) is 13.7. The first kappa shape index (κ1) is 17.8. The van der Waals surface area contributed by atoms with Crippen molar-refractivity contribution in [3.05, 3.63) is 95.4 Å². The Bertz CT molecular complexity index is 1100. The fourth-order valence-electron chi connectivity index (χ4n) is 2.99. The number of carbonyl (C=O) groups excluding carboxylic acids is 1. The molecule has 4 rings (SSSR count). The van der Waals surface area contributed by atoms with Crippen molar-refractivity contribution in [1.82, 2.24) is 10.3 Å². The van der Waals surface area contributed by atoms with Gasteiger partial charge in [-0.1, -0.05) is 48.5 Å². The molecular weight excluding hydrogens is 352 g/mol. The van der Waals surface area contributed by atoms with E-state index in [2.05, 4.69) is 10.3 Å². The Kier molecular flexibility index (Phi) is 5.06. The Labute approximate surface area is 163 Å². The molecule has 0 spiro atoms. The Morgan fingerprint density at radius 2 is 1.82 bits per heavy atom. The van der Waals surface area contributed by atoms with Crippen LogP contribution in [-0.4, -0.2) is 10.9 Å². The molecule has 5 heteroatoms. The summed E-state index contributed by atoms with van der Waals surface area (Å²) in [4.78, 5) is 17.4. The highest BCUT2D eigenvalue weighted by atomic mass is 16.5. The minimum Gasteiger partial charge on any atom is -0.473 e. The second kappa shape index (κ2) is 7.96. The highest BCUT2D eigenvalue weighted by molar-refractivity contribution is 6.06. The number of fused-ring (bicyclic) bond motifs is 1. The quantitative estimate of drug-likeness (QED) is 0.535. The minimum atomic E-state index is -0.197. The number of para-hydroxylation sites is 1. The van der Waals surface area contributed by atoms with E-state index in [1.165, 1.54) is 0 Å². The van der Waals surface area contributed by atoms with Crippen LogP contribution in [0.5, 0.6) is 5.88 Å². The van der Waals surface area contributed by atoms with Crippen molar-refractivity contribution >= 4 is 16.8 Å². The van der Waals surface area contributed by atoms with Crippen LogP contribution in [0.4, 0.5) is 0 Å². The fraction of sp³-hybridized carbons (Fsp3) is 0.130. The van der Waals surface area contributed by atoms with Gasteiger partial charge in [0.2, 0.25) is 5.88 Å². The van der Waals surface area contributed by atoms with Gasteiger partial charge in [0.05, 0.1) is 17.6 Å². The van der Waals surface area contributed by atoms with Gasteiger partial charge in [-0.2, -0.15) is 0 Å². The molecule has 2 aromatic carbocycles. The summed E-state index contributed by atoms with van der Waals surface area (Å²) < 4.78 is 11.4. The largest absolute Gasteiger partial charge is 0.473 e. The first-order valence-electron chi connectivity index (χ1n) is 9.09. The summed E-state index contributed by atoms with van der Waals surface area (Å²) >= 11 is 0. The van der Waals surface area contributed by atoms with Gasteiger partial charge in [-0.25, -0.2) is 4.98 Å². The topological polar surface area (TPSA) is 64.4 Å². The van der Waals surface area contributed by atoms with Crippen molar-refractivity contribution in [3.8, 4) is 5.88 Å². The zero-order valence-electron chi connectivity index (χ0n) is 15.5. The summed E-state index contributed by atoms with van der Waals surface area (Å²) in [7, 11) is 0. The van der Waals surface area contributed by atoms with Crippen molar-refractivity contribution < 1.29 is 13.9 Å². The zero-order valence-corrected chi connectivity index (χ0v) is 15.5. The van der Waals surface area contributed by atoms with Gasteiger partial charge in [0, 0.05) is 11.5 Å². The highest BCUT2D eigenvalue weighted by Gasteiger charge is 2.14. The van der Waals surface area contributed by atoms with Gasteiger partial charge >= 0.3 is 0 Å². The summed E-state index contributed by atoms with van der Waals surface area (Å²) in [6, 6.07) is 22.8. The van der Waals surface area contributed by atoms with E-state index in [-0.39, 0.29) is 5.91 Å². The highest BCUT2D eigenvalue weighted by Crippen LogP contribution is 2.23. The van der Waals surface area contributed by atoms with E-state index in [9.17, 15) is 4.79 Å². The number of carbonyl (C=O) groups is 1. The third kappa shape index (κ3) is 4.04. The number of aryl methyl sites for hydroxylation is 1. The average molecular weight is 372 g/mol.